The number of hydrogen-bond donors (Lipinski definition) is 0. The highest BCUT2D eigenvalue weighted by molar-refractivity contribution is 6.04. The first kappa shape index (κ1) is 8.58. The third-order valence-corrected chi connectivity index (χ3v) is 3.24. The van der Waals surface area contributed by atoms with E-state index in [1.54, 1.807) is 0 Å². The first-order valence-electron chi connectivity index (χ1n) is 4.92. The first-order chi connectivity index (χ1) is 5.65. The van der Waals surface area contributed by atoms with Crippen molar-refractivity contribution in [2.75, 3.05) is 19.6 Å². The van der Waals surface area contributed by atoms with Crippen LogP contribution in [0.3, 0.4) is 0 Å². The highest BCUT2D eigenvalue weighted by Crippen LogP contribution is 2.37. The van der Waals surface area contributed by atoms with Crippen molar-refractivity contribution in [3.63, 3.8) is 0 Å². The SMILES string of the molecule is [B]N1CC2(C)CN2CC1CCC. The molecule has 3 heteroatoms. The summed E-state index contributed by atoms with van der Waals surface area (Å²) in [4.78, 5) is 4.59. The predicted molar refractivity (Wildman–Crippen MR) is 51.1 cm³/mol. The second kappa shape index (κ2) is 2.74. The molecule has 2 rings (SSSR count). The maximum absolute atomic E-state index is 5.97. The molecule has 3 unspecified atom stereocenters. The normalized spacial score (nSPS) is 47.2. The van der Waals surface area contributed by atoms with Gasteiger partial charge in [0.25, 0.3) is 0 Å². The van der Waals surface area contributed by atoms with Gasteiger partial charge in [0.15, 0.2) is 7.98 Å². The fourth-order valence-electron chi connectivity index (χ4n) is 2.28. The molecule has 0 aromatic heterocycles. The summed E-state index contributed by atoms with van der Waals surface area (Å²) in [5.41, 5.74) is 0.430. The molecule has 66 valence electrons. The van der Waals surface area contributed by atoms with Gasteiger partial charge in [-0.15, -0.1) is 0 Å². The Morgan fingerprint density at radius 2 is 2.25 bits per heavy atom. The highest BCUT2D eigenvalue weighted by atomic mass is 15.4. The van der Waals surface area contributed by atoms with Crippen molar-refractivity contribution in [2.24, 2.45) is 0 Å². The van der Waals surface area contributed by atoms with Crippen LogP contribution >= 0.6 is 0 Å². The summed E-state index contributed by atoms with van der Waals surface area (Å²) in [7, 11) is 5.97. The number of hydrogen-bond acceptors (Lipinski definition) is 2. The Morgan fingerprint density at radius 1 is 1.50 bits per heavy atom. The Labute approximate surface area is 76.3 Å². The molecule has 0 aromatic carbocycles. The van der Waals surface area contributed by atoms with Gasteiger partial charge in [0, 0.05) is 31.2 Å². The average Bonchev–Trinajstić information content (AvgIpc) is 2.61. The van der Waals surface area contributed by atoms with E-state index in [9.17, 15) is 0 Å². The molecule has 2 nitrogen and oxygen atoms in total. The molecule has 0 aromatic rings. The van der Waals surface area contributed by atoms with Crippen molar-refractivity contribution in [2.45, 2.75) is 38.3 Å². The lowest BCUT2D eigenvalue weighted by atomic mass is 10.00. The predicted octanol–water partition coefficient (Wildman–Crippen LogP) is 0.628. The van der Waals surface area contributed by atoms with Crippen LogP contribution in [0.25, 0.3) is 0 Å². The zero-order chi connectivity index (χ0) is 8.77. The van der Waals surface area contributed by atoms with Crippen LogP contribution in [-0.4, -0.2) is 48.9 Å². The van der Waals surface area contributed by atoms with Crippen LogP contribution in [0.4, 0.5) is 0 Å². The Bertz CT molecular complexity index is 185. The molecule has 0 amide bonds. The van der Waals surface area contributed by atoms with Crippen LogP contribution in [0.15, 0.2) is 0 Å². The Hall–Kier alpha value is -0.0151. The van der Waals surface area contributed by atoms with E-state index < -0.39 is 0 Å². The molecular formula is C9H17BN2. The van der Waals surface area contributed by atoms with Gasteiger partial charge in [0.1, 0.15) is 0 Å². The van der Waals surface area contributed by atoms with Gasteiger partial charge in [-0.1, -0.05) is 13.3 Å². The molecule has 0 bridgehead atoms. The van der Waals surface area contributed by atoms with Gasteiger partial charge in [-0.2, -0.15) is 0 Å². The van der Waals surface area contributed by atoms with Crippen LogP contribution in [0.2, 0.25) is 0 Å². The van der Waals surface area contributed by atoms with E-state index in [0.29, 0.717) is 11.6 Å². The van der Waals surface area contributed by atoms with Gasteiger partial charge >= 0.3 is 0 Å². The van der Waals surface area contributed by atoms with Crippen molar-refractivity contribution >= 4 is 7.98 Å². The van der Waals surface area contributed by atoms with Gasteiger partial charge in [-0.05, 0) is 13.3 Å². The molecule has 0 saturated carbocycles. The molecule has 2 aliphatic rings. The molecule has 3 atom stereocenters. The van der Waals surface area contributed by atoms with Crippen LogP contribution < -0.4 is 0 Å². The Kier molecular flexibility index (Phi) is 1.96. The number of nitrogens with zero attached hydrogens (tertiary/aromatic N) is 2. The Morgan fingerprint density at radius 3 is 2.92 bits per heavy atom. The van der Waals surface area contributed by atoms with E-state index in [0.717, 1.165) is 6.54 Å². The fraction of sp³-hybridized carbons (Fsp3) is 1.00. The van der Waals surface area contributed by atoms with Gasteiger partial charge in [0.2, 0.25) is 0 Å². The molecule has 12 heavy (non-hydrogen) atoms. The van der Waals surface area contributed by atoms with Gasteiger partial charge in [0.05, 0.1) is 0 Å². The molecule has 2 aliphatic heterocycles. The zero-order valence-corrected chi connectivity index (χ0v) is 8.08. The van der Waals surface area contributed by atoms with Crippen LogP contribution in [0.1, 0.15) is 26.7 Å². The lowest BCUT2D eigenvalue weighted by molar-refractivity contribution is 0.184. The van der Waals surface area contributed by atoms with E-state index in [2.05, 4.69) is 18.7 Å². The van der Waals surface area contributed by atoms with Crippen molar-refractivity contribution in [1.82, 2.24) is 9.71 Å². The quantitative estimate of drug-likeness (QED) is 0.436. The minimum absolute atomic E-state index is 0.430. The summed E-state index contributed by atoms with van der Waals surface area (Å²) in [5, 5.41) is 0. The lowest BCUT2D eigenvalue weighted by Crippen LogP contribution is -2.49. The number of piperazine rings is 1. The standard InChI is InChI=1S/C9H17BN2/c1-3-4-8-5-11-6-9(11,2)7-12(8)10/h8H,3-7H2,1-2H3. The van der Waals surface area contributed by atoms with Crippen molar-refractivity contribution in [3.8, 4) is 0 Å². The summed E-state index contributed by atoms with van der Waals surface area (Å²) >= 11 is 0. The second-order valence-electron chi connectivity index (χ2n) is 4.49. The van der Waals surface area contributed by atoms with Gasteiger partial charge < -0.3 is 4.81 Å². The smallest absolute Gasteiger partial charge is 0.183 e. The molecule has 2 radical (unpaired) electrons. The number of fused-ring (bicyclic) bond motifs is 1. The van der Waals surface area contributed by atoms with Crippen LogP contribution in [0, 0.1) is 0 Å². The van der Waals surface area contributed by atoms with E-state index in [1.807, 2.05) is 4.81 Å². The lowest BCUT2D eigenvalue weighted by Gasteiger charge is -2.36. The fourth-order valence-corrected chi connectivity index (χ4v) is 2.28. The summed E-state index contributed by atoms with van der Waals surface area (Å²) < 4.78 is 0. The topological polar surface area (TPSA) is 6.25 Å². The first-order valence-corrected chi connectivity index (χ1v) is 4.92. The van der Waals surface area contributed by atoms with Crippen molar-refractivity contribution < 1.29 is 0 Å². The second-order valence-corrected chi connectivity index (χ2v) is 4.49. The minimum atomic E-state index is 0.430. The minimum Gasteiger partial charge on any atom is -0.348 e. The average molecular weight is 164 g/mol. The van der Waals surface area contributed by atoms with Gasteiger partial charge in [-0.3, -0.25) is 4.90 Å². The third kappa shape index (κ3) is 1.29. The number of rotatable bonds is 2. The highest BCUT2D eigenvalue weighted by Gasteiger charge is 2.52. The summed E-state index contributed by atoms with van der Waals surface area (Å²) in [6, 6.07) is 0.602. The van der Waals surface area contributed by atoms with Crippen LogP contribution in [-0.2, 0) is 0 Å². The zero-order valence-electron chi connectivity index (χ0n) is 8.08. The maximum atomic E-state index is 5.97. The summed E-state index contributed by atoms with van der Waals surface area (Å²) in [5.74, 6) is 0. The maximum Gasteiger partial charge on any atom is 0.183 e. The summed E-state index contributed by atoms with van der Waals surface area (Å²) in [6.07, 6.45) is 2.48. The third-order valence-electron chi connectivity index (χ3n) is 3.24. The Balaban J connectivity index is 1.93. The van der Waals surface area contributed by atoms with E-state index in [-0.39, 0.29) is 0 Å². The molecule has 2 heterocycles. The van der Waals surface area contributed by atoms with Crippen LogP contribution in [0.5, 0.6) is 0 Å². The molecule has 0 aliphatic carbocycles. The molecular weight excluding hydrogens is 147 g/mol. The molecule has 2 saturated heterocycles. The van der Waals surface area contributed by atoms with Crippen molar-refractivity contribution in [3.05, 3.63) is 0 Å². The monoisotopic (exact) mass is 164 g/mol. The van der Waals surface area contributed by atoms with Crippen molar-refractivity contribution in [1.29, 1.82) is 0 Å². The van der Waals surface area contributed by atoms with E-state index in [4.69, 9.17) is 7.98 Å². The van der Waals surface area contributed by atoms with E-state index >= 15 is 0 Å². The van der Waals surface area contributed by atoms with E-state index in [1.165, 1.54) is 25.9 Å². The molecule has 0 spiro atoms. The molecule has 0 N–H and O–H groups in total. The summed E-state index contributed by atoms with van der Waals surface area (Å²) in [6.45, 7) is 8.01. The van der Waals surface area contributed by atoms with Gasteiger partial charge in [-0.25, -0.2) is 0 Å². The molecule has 2 fully saturated rings. The largest absolute Gasteiger partial charge is 0.348 e.